The molecule has 7 nitrogen and oxygen atoms in total. The summed E-state index contributed by atoms with van der Waals surface area (Å²) in [6, 6.07) is 13.9. The molecule has 0 radical (unpaired) electrons. The Morgan fingerprint density at radius 2 is 1.77 bits per heavy atom. The van der Waals surface area contributed by atoms with Crippen molar-refractivity contribution >= 4 is 27.5 Å². The molecule has 8 heteroatoms. The van der Waals surface area contributed by atoms with Gasteiger partial charge in [-0.3, -0.25) is 14.5 Å². The summed E-state index contributed by atoms with van der Waals surface area (Å²) in [5.74, 6) is -0.489. The van der Waals surface area contributed by atoms with Gasteiger partial charge in [0, 0.05) is 38.7 Å². The van der Waals surface area contributed by atoms with E-state index in [0.717, 1.165) is 5.56 Å². The second kappa shape index (κ2) is 9.62. The fourth-order valence-electron chi connectivity index (χ4n) is 3.99. The second-order valence-corrected chi connectivity index (χ2v) is 9.45. The number of hydrogen-bond donors (Lipinski definition) is 1. The van der Waals surface area contributed by atoms with E-state index in [9.17, 15) is 18.0 Å². The van der Waals surface area contributed by atoms with E-state index in [4.69, 9.17) is 0 Å². The average molecular weight is 444 g/mol. The summed E-state index contributed by atoms with van der Waals surface area (Å²) in [5.41, 5.74) is 2.40. The van der Waals surface area contributed by atoms with Gasteiger partial charge in [-0.15, -0.1) is 0 Å². The van der Waals surface area contributed by atoms with Gasteiger partial charge in [-0.25, -0.2) is 8.42 Å². The average Bonchev–Trinajstić information content (AvgIpc) is 3.14. The fraction of sp³-hybridized carbons (Fsp3) is 0.391. The Balaban J connectivity index is 1.78. The highest BCUT2D eigenvalue weighted by Gasteiger charge is 2.37. The molecule has 0 fully saturated rings. The summed E-state index contributed by atoms with van der Waals surface area (Å²) in [6.07, 6.45) is 0.978. The maximum atomic E-state index is 12.9. The molecular formula is C23H29N3O4S. The molecule has 1 heterocycles. The molecule has 166 valence electrons. The molecule has 0 bridgehead atoms. The number of fused-ring (bicyclic) bond motifs is 1. The summed E-state index contributed by atoms with van der Waals surface area (Å²) in [6.45, 7) is 6.22. The van der Waals surface area contributed by atoms with Crippen LogP contribution in [0.1, 0.15) is 31.9 Å². The number of carbonyl (C=O) groups excluding carboxylic acids is 2. The van der Waals surface area contributed by atoms with Crippen LogP contribution in [0.2, 0.25) is 0 Å². The zero-order chi connectivity index (χ0) is 22.6. The number of sulfonamides is 1. The lowest BCUT2D eigenvalue weighted by Gasteiger charge is -2.23. The smallest absolute Gasteiger partial charge is 0.243 e. The van der Waals surface area contributed by atoms with Gasteiger partial charge in [0.05, 0.1) is 4.90 Å². The molecule has 0 unspecified atom stereocenters. The number of anilines is 1. The standard InChI is InChI=1S/C23H29N3O4S/c1-4-25(5-2)31(29,30)20-11-12-21-19(15-20)16-22(26(21)17(3)27)23(28)24-14-13-18-9-7-6-8-10-18/h6-12,15,22H,4-5,13-14,16H2,1-3H3,(H,24,28)/t22-/m1/s1. The van der Waals surface area contributed by atoms with Crippen LogP contribution in [0.25, 0.3) is 0 Å². The summed E-state index contributed by atoms with van der Waals surface area (Å²) in [7, 11) is -3.61. The van der Waals surface area contributed by atoms with E-state index in [2.05, 4.69) is 5.32 Å². The van der Waals surface area contributed by atoms with Gasteiger partial charge < -0.3 is 5.32 Å². The third-order valence-corrected chi connectivity index (χ3v) is 7.62. The lowest BCUT2D eigenvalue weighted by molar-refractivity contribution is -0.125. The van der Waals surface area contributed by atoms with E-state index < -0.39 is 16.1 Å². The summed E-state index contributed by atoms with van der Waals surface area (Å²) < 4.78 is 27.1. The lowest BCUT2D eigenvalue weighted by Crippen LogP contribution is -2.47. The van der Waals surface area contributed by atoms with E-state index in [-0.39, 0.29) is 23.1 Å². The molecular weight excluding hydrogens is 414 g/mol. The fourth-order valence-corrected chi connectivity index (χ4v) is 5.50. The van der Waals surface area contributed by atoms with E-state index in [1.165, 1.54) is 22.2 Å². The Hall–Kier alpha value is -2.71. The van der Waals surface area contributed by atoms with E-state index in [0.29, 0.717) is 37.3 Å². The van der Waals surface area contributed by atoms with Crippen LogP contribution < -0.4 is 10.2 Å². The topological polar surface area (TPSA) is 86.8 Å². The van der Waals surface area contributed by atoms with Crippen LogP contribution in [0.4, 0.5) is 5.69 Å². The van der Waals surface area contributed by atoms with Crippen molar-refractivity contribution in [2.45, 2.75) is 44.6 Å². The molecule has 1 N–H and O–H groups in total. The highest BCUT2D eigenvalue weighted by atomic mass is 32.2. The summed E-state index contributed by atoms with van der Waals surface area (Å²) in [4.78, 5) is 26.8. The molecule has 1 aliphatic rings. The normalized spacial score (nSPS) is 15.7. The van der Waals surface area contributed by atoms with E-state index >= 15 is 0 Å². The predicted molar refractivity (Wildman–Crippen MR) is 120 cm³/mol. The third kappa shape index (κ3) is 4.80. The highest BCUT2D eigenvalue weighted by Crippen LogP contribution is 2.34. The highest BCUT2D eigenvalue weighted by molar-refractivity contribution is 7.89. The maximum absolute atomic E-state index is 12.9. The number of nitrogens with one attached hydrogen (secondary N) is 1. The van der Waals surface area contributed by atoms with Crippen molar-refractivity contribution in [2.75, 3.05) is 24.5 Å². The minimum Gasteiger partial charge on any atom is -0.354 e. The lowest BCUT2D eigenvalue weighted by atomic mass is 10.1. The van der Waals surface area contributed by atoms with Crippen LogP contribution in [-0.2, 0) is 32.5 Å². The Labute approximate surface area is 184 Å². The first-order chi connectivity index (χ1) is 14.8. The van der Waals surface area contributed by atoms with E-state index in [1.54, 1.807) is 26.0 Å². The molecule has 0 saturated heterocycles. The van der Waals surface area contributed by atoms with Gasteiger partial charge in [-0.2, -0.15) is 4.31 Å². The first kappa shape index (κ1) is 23.0. The molecule has 1 aliphatic heterocycles. The van der Waals surface area contributed by atoms with Crippen LogP contribution in [0.3, 0.4) is 0 Å². The quantitative estimate of drug-likeness (QED) is 0.679. The van der Waals surface area contributed by atoms with Crippen molar-refractivity contribution in [1.82, 2.24) is 9.62 Å². The zero-order valence-corrected chi connectivity index (χ0v) is 19.0. The van der Waals surface area contributed by atoms with Crippen LogP contribution in [0, 0.1) is 0 Å². The Kier molecular flexibility index (Phi) is 7.12. The van der Waals surface area contributed by atoms with Crippen molar-refractivity contribution in [3.05, 3.63) is 59.7 Å². The van der Waals surface area contributed by atoms with Crippen molar-refractivity contribution in [1.29, 1.82) is 0 Å². The van der Waals surface area contributed by atoms with Crippen LogP contribution in [-0.4, -0.2) is 50.2 Å². The van der Waals surface area contributed by atoms with Gasteiger partial charge in [0.1, 0.15) is 6.04 Å². The molecule has 31 heavy (non-hydrogen) atoms. The van der Waals surface area contributed by atoms with Gasteiger partial charge >= 0.3 is 0 Å². The molecule has 2 aromatic rings. The Morgan fingerprint density at radius 3 is 2.39 bits per heavy atom. The number of nitrogens with zero attached hydrogens (tertiary/aromatic N) is 2. The maximum Gasteiger partial charge on any atom is 0.243 e. The zero-order valence-electron chi connectivity index (χ0n) is 18.2. The van der Waals surface area contributed by atoms with E-state index in [1.807, 2.05) is 30.3 Å². The SMILES string of the molecule is CCN(CC)S(=O)(=O)c1ccc2c(c1)C[C@H](C(=O)NCCc1ccccc1)N2C(C)=O. The number of carbonyl (C=O) groups is 2. The monoisotopic (exact) mass is 443 g/mol. The van der Waals surface area contributed by atoms with Crippen LogP contribution in [0.15, 0.2) is 53.4 Å². The number of benzene rings is 2. The molecule has 0 aliphatic carbocycles. The number of amides is 2. The predicted octanol–water partition coefficient (Wildman–Crippen LogP) is 2.35. The first-order valence-corrected chi connectivity index (χ1v) is 12.0. The molecule has 2 aromatic carbocycles. The first-order valence-electron chi connectivity index (χ1n) is 10.5. The minimum absolute atomic E-state index is 0.184. The second-order valence-electron chi connectivity index (χ2n) is 7.52. The van der Waals surface area contributed by atoms with Gasteiger partial charge in [-0.05, 0) is 35.7 Å². The molecule has 0 aromatic heterocycles. The van der Waals surface area contributed by atoms with Gasteiger partial charge in [0.2, 0.25) is 21.8 Å². The van der Waals surface area contributed by atoms with Crippen LogP contribution >= 0.6 is 0 Å². The largest absolute Gasteiger partial charge is 0.354 e. The minimum atomic E-state index is -3.61. The molecule has 0 saturated carbocycles. The molecule has 3 rings (SSSR count). The van der Waals surface area contributed by atoms with Crippen LogP contribution in [0.5, 0.6) is 0 Å². The van der Waals surface area contributed by atoms with Gasteiger partial charge in [0.15, 0.2) is 0 Å². The van der Waals surface area contributed by atoms with Crippen molar-refractivity contribution < 1.29 is 18.0 Å². The molecule has 1 atom stereocenters. The summed E-state index contributed by atoms with van der Waals surface area (Å²) >= 11 is 0. The van der Waals surface area contributed by atoms with Crippen molar-refractivity contribution in [2.24, 2.45) is 0 Å². The van der Waals surface area contributed by atoms with Crippen molar-refractivity contribution in [3.63, 3.8) is 0 Å². The molecule has 2 amide bonds. The van der Waals surface area contributed by atoms with Gasteiger partial charge in [0.25, 0.3) is 0 Å². The number of rotatable bonds is 8. The third-order valence-electron chi connectivity index (χ3n) is 5.58. The number of hydrogen-bond acceptors (Lipinski definition) is 4. The Morgan fingerprint density at radius 1 is 1.10 bits per heavy atom. The van der Waals surface area contributed by atoms with Gasteiger partial charge in [-0.1, -0.05) is 44.2 Å². The molecule has 0 spiro atoms. The summed E-state index contributed by atoms with van der Waals surface area (Å²) in [5, 5.41) is 2.91. The van der Waals surface area contributed by atoms with Crippen molar-refractivity contribution in [3.8, 4) is 0 Å². The Bertz CT molecular complexity index is 1050.